The van der Waals surface area contributed by atoms with E-state index in [1.54, 1.807) is 25.1 Å². The summed E-state index contributed by atoms with van der Waals surface area (Å²) in [5, 5.41) is 0. The summed E-state index contributed by atoms with van der Waals surface area (Å²) in [6.45, 7) is 1.00. The molecule has 8 heteroatoms. The first-order valence-corrected chi connectivity index (χ1v) is 7.90. The smallest absolute Gasteiger partial charge is 0.283 e. The minimum Gasteiger partial charge on any atom is -0.497 e. The van der Waals surface area contributed by atoms with E-state index in [4.69, 9.17) is 4.74 Å². The van der Waals surface area contributed by atoms with Crippen molar-refractivity contribution in [1.82, 2.24) is 19.1 Å². The van der Waals surface area contributed by atoms with Gasteiger partial charge in [0.1, 0.15) is 11.6 Å². The Balaban J connectivity index is 1.78. The minimum absolute atomic E-state index is 0.140. The van der Waals surface area contributed by atoms with Crippen molar-refractivity contribution in [1.29, 1.82) is 0 Å². The van der Waals surface area contributed by atoms with Gasteiger partial charge in [0.2, 0.25) is 5.95 Å². The highest BCUT2D eigenvalue weighted by Gasteiger charge is 2.27. The third kappa shape index (κ3) is 2.37. The number of aliphatic imine (C=N–C) groups is 1. The lowest BCUT2D eigenvalue weighted by atomic mass is 10.2. The zero-order valence-corrected chi connectivity index (χ0v) is 14.3. The molecule has 0 aliphatic carbocycles. The fraction of sp³-hybridized carbons (Fsp3) is 0.294. The molecule has 0 bridgehead atoms. The molecular weight excluding hydrogens is 320 g/mol. The summed E-state index contributed by atoms with van der Waals surface area (Å²) in [5.41, 5.74) is 1.89. The van der Waals surface area contributed by atoms with Crippen LogP contribution >= 0.6 is 0 Å². The lowest BCUT2D eigenvalue weighted by molar-refractivity contribution is 0.414. The zero-order valence-electron chi connectivity index (χ0n) is 14.3. The zero-order chi connectivity index (χ0) is 17.6. The van der Waals surface area contributed by atoms with Gasteiger partial charge in [-0.25, -0.2) is 4.98 Å². The molecule has 0 radical (unpaired) electrons. The van der Waals surface area contributed by atoms with Crippen LogP contribution in [0.5, 0.6) is 5.75 Å². The number of hydrogen-bond donors (Lipinski definition) is 0. The molecule has 0 unspecified atom stereocenters. The molecule has 0 amide bonds. The predicted molar refractivity (Wildman–Crippen MR) is 95.6 cm³/mol. The van der Waals surface area contributed by atoms with Gasteiger partial charge >= 0.3 is 0 Å². The van der Waals surface area contributed by atoms with E-state index in [-0.39, 0.29) is 5.56 Å². The third-order valence-corrected chi connectivity index (χ3v) is 4.46. The number of methoxy groups -OCH3 is 1. The maximum absolute atomic E-state index is 12.7. The Bertz CT molecular complexity index is 1030. The lowest BCUT2D eigenvalue weighted by Crippen LogP contribution is -2.22. The van der Waals surface area contributed by atoms with E-state index < -0.39 is 0 Å². The van der Waals surface area contributed by atoms with Gasteiger partial charge in [0.25, 0.3) is 5.56 Å². The number of likely N-dealkylation sites (N-methyl/N-ethyl adjacent to an activating group) is 1. The largest absolute Gasteiger partial charge is 0.497 e. The quantitative estimate of drug-likeness (QED) is 0.715. The van der Waals surface area contributed by atoms with Gasteiger partial charge in [0.05, 0.1) is 26.5 Å². The second kappa shape index (κ2) is 5.73. The van der Waals surface area contributed by atoms with Crippen molar-refractivity contribution >= 4 is 22.9 Å². The Kier molecular flexibility index (Phi) is 3.52. The third-order valence-electron chi connectivity index (χ3n) is 4.46. The summed E-state index contributed by atoms with van der Waals surface area (Å²) in [6, 6.07) is 7.79. The summed E-state index contributed by atoms with van der Waals surface area (Å²) < 4.78 is 8.67. The molecule has 1 aromatic carbocycles. The van der Waals surface area contributed by atoms with E-state index in [0.29, 0.717) is 30.2 Å². The molecule has 25 heavy (non-hydrogen) atoms. The van der Waals surface area contributed by atoms with Crippen molar-refractivity contribution in [2.45, 2.75) is 13.1 Å². The monoisotopic (exact) mass is 338 g/mol. The molecule has 0 fully saturated rings. The van der Waals surface area contributed by atoms with E-state index >= 15 is 0 Å². The molecule has 1 aliphatic rings. The van der Waals surface area contributed by atoms with Crippen LogP contribution in [0.15, 0.2) is 40.4 Å². The minimum atomic E-state index is -0.140. The van der Waals surface area contributed by atoms with Crippen LogP contribution in [0.3, 0.4) is 0 Å². The standard InChI is InChI=1S/C17H18N6O2/c1-18-13-9-23-16(24)14-15(20-17(23)21(13)2)22(10-19-14)8-11-4-6-12(25-3)7-5-11/h4-7,10H,8-9H2,1-3H3/b18-13+. The van der Waals surface area contributed by atoms with Gasteiger partial charge in [-0.1, -0.05) is 12.1 Å². The molecule has 8 nitrogen and oxygen atoms in total. The summed E-state index contributed by atoms with van der Waals surface area (Å²) >= 11 is 0. The van der Waals surface area contributed by atoms with E-state index in [1.165, 1.54) is 0 Å². The molecule has 2 aromatic heterocycles. The highest BCUT2D eigenvalue weighted by molar-refractivity contribution is 5.99. The van der Waals surface area contributed by atoms with Crippen LogP contribution < -0.4 is 15.2 Å². The number of aromatic nitrogens is 4. The molecule has 1 aliphatic heterocycles. The van der Waals surface area contributed by atoms with Crippen molar-refractivity contribution in [3.05, 3.63) is 46.5 Å². The summed E-state index contributed by atoms with van der Waals surface area (Å²) in [4.78, 5) is 27.7. The number of imidazole rings is 1. The van der Waals surface area contributed by atoms with Gasteiger partial charge in [-0.05, 0) is 17.7 Å². The van der Waals surface area contributed by atoms with Crippen molar-refractivity contribution in [2.75, 3.05) is 26.1 Å². The molecule has 0 atom stereocenters. The Morgan fingerprint density at radius 2 is 2.04 bits per heavy atom. The summed E-state index contributed by atoms with van der Waals surface area (Å²) in [6.07, 6.45) is 1.66. The molecule has 0 N–H and O–H groups in total. The van der Waals surface area contributed by atoms with Gasteiger partial charge in [-0.2, -0.15) is 4.98 Å². The first kappa shape index (κ1) is 15.4. The average Bonchev–Trinajstić information content (AvgIpc) is 3.18. The molecule has 3 aromatic rings. The van der Waals surface area contributed by atoms with Gasteiger partial charge in [-0.3, -0.25) is 14.4 Å². The number of ether oxygens (including phenoxy) is 1. The van der Waals surface area contributed by atoms with Crippen LogP contribution in [0.4, 0.5) is 5.95 Å². The number of anilines is 1. The molecular formula is C17H18N6O2. The maximum atomic E-state index is 12.7. The normalized spacial score (nSPS) is 15.2. The van der Waals surface area contributed by atoms with Gasteiger partial charge in [0.15, 0.2) is 11.2 Å². The van der Waals surface area contributed by atoms with Crippen LogP contribution in [0.2, 0.25) is 0 Å². The number of hydrogen-bond acceptors (Lipinski definition) is 5. The fourth-order valence-electron chi connectivity index (χ4n) is 3.04. The number of rotatable bonds is 3. The van der Waals surface area contributed by atoms with E-state index in [9.17, 15) is 4.79 Å². The Labute approximate surface area is 144 Å². The second-order valence-electron chi connectivity index (χ2n) is 5.89. The molecule has 0 spiro atoms. The molecule has 4 rings (SSSR count). The highest BCUT2D eigenvalue weighted by atomic mass is 16.5. The van der Waals surface area contributed by atoms with E-state index in [0.717, 1.165) is 17.1 Å². The Hall–Kier alpha value is -3.16. The summed E-state index contributed by atoms with van der Waals surface area (Å²) in [7, 11) is 5.22. The second-order valence-corrected chi connectivity index (χ2v) is 5.89. The average molecular weight is 338 g/mol. The molecule has 3 heterocycles. The lowest BCUT2D eigenvalue weighted by Gasteiger charge is -2.11. The van der Waals surface area contributed by atoms with Gasteiger partial charge in [-0.15, -0.1) is 0 Å². The number of benzene rings is 1. The molecule has 128 valence electrons. The number of amidine groups is 1. The predicted octanol–water partition coefficient (Wildman–Crippen LogP) is 1.13. The fourth-order valence-corrected chi connectivity index (χ4v) is 3.04. The highest BCUT2D eigenvalue weighted by Crippen LogP contribution is 2.20. The summed E-state index contributed by atoms with van der Waals surface area (Å²) in [5.74, 6) is 2.20. The first-order valence-electron chi connectivity index (χ1n) is 7.90. The van der Waals surface area contributed by atoms with Crippen LogP contribution in [0.1, 0.15) is 5.56 Å². The number of fused-ring (bicyclic) bond motifs is 2. The van der Waals surface area contributed by atoms with Crippen LogP contribution in [0, 0.1) is 0 Å². The SMILES string of the molecule is C/N=C1\Cn2c(nc3c(ncn3Cc3ccc(OC)cc3)c2=O)N1C. The van der Waals surface area contributed by atoms with Crippen molar-refractivity contribution in [3.63, 3.8) is 0 Å². The topological polar surface area (TPSA) is 77.5 Å². The first-order chi connectivity index (χ1) is 12.1. The Morgan fingerprint density at radius 1 is 1.28 bits per heavy atom. The van der Waals surface area contributed by atoms with Crippen molar-refractivity contribution in [2.24, 2.45) is 4.99 Å². The van der Waals surface area contributed by atoms with Gasteiger partial charge in [0, 0.05) is 14.1 Å². The van der Waals surface area contributed by atoms with Crippen molar-refractivity contribution < 1.29 is 4.74 Å². The maximum Gasteiger partial charge on any atom is 0.283 e. The van der Waals surface area contributed by atoms with E-state index in [1.807, 2.05) is 40.8 Å². The van der Waals surface area contributed by atoms with Crippen LogP contribution in [-0.2, 0) is 13.1 Å². The molecule has 0 saturated carbocycles. The van der Waals surface area contributed by atoms with Gasteiger partial charge < -0.3 is 14.2 Å². The number of nitrogens with zero attached hydrogens (tertiary/aromatic N) is 6. The van der Waals surface area contributed by atoms with Crippen LogP contribution in [-0.4, -0.2) is 46.1 Å². The van der Waals surface area contributed by atoms with E-state index in [2.05, 4.69) is 15.0 Å². The van der Waals surface area contributed by atoms with Crippen LogP contribution in [0.25, 0.3) is 11.2 Å². The van der Waals surface area contributed by atoms with Crippen molar-refractivity contribution in [3.8, 4) is 5.75 Å². The molecule has 0 saturated heterocycles. The Morgan fingerprint density at radius 3 is 2.72 bits per heavy atom.